The summed E-state index contributed by atoms with van der Waals surface area (Å²) < 4.78 is 11.4. The Morgan fingerprint density at radius 1 is 1.41 bits per heavy atom. The highest BCUT2D eigenvalue weighted by Crippen LogP contribution is 2.29. The van der Waals surface area contributed by atoms with Gasteiger partial charge in [-0.1, -0.05) is 32.8 Å². The molecular formula is C20H27N3O5S. The number of aromatic nitrogens is 2. The van der Waals surface area contributed by atoms with Gasteiger partial charge >= 0.3 is 11.7 Å². The molecule has 0 aliphatic heterocycles. The van der Waals surface area contributed by atoms with E-state index in [-0.39, 0.29) is 30.8 Å². The number of nitrogens with one attached hydrogen (secondary N) is 1. The molecule has 0 unspecified atom stereocenters. The number of thiophene rings is 1. The first-order valence-electron chi connectivity index (χ1n) is 9.97. The maximum absolute atomic E-state index is 12.4. The number of ether oxygens (including phenoxy) is 1. The Balaban J connectivity index is 1.48. The molecule has 2 aromatic rings. The predicted molar refractivity (Wildman–Crippen MR) is 108 cm³/mol. The minimum absolute atomic E-state index is 0.0258. The van der Waals surface area contributed by atoms with Crippen LogP contribution in [0.4, 0.5) is 0 Å². The third-order valence-electron chi connectivity index (χ3n) is 5.58. The number of rotatable bonds is 7. The molecule has 1 N–H and O–H groups in total. The van der Waals surface area contributed by atoms with Crippen molar-refractivity contribution in [3.8, 4) is 10.8 Å². The monoisotopic (exact) mass is 421 g/mol. The van der Waals surface area contributed by atoms with E-state index in [9.17, 15) is 14.4 Å². The van der Waals surface area contributed by atoms with Gasteiger partial charge in [0.15, 0.2) is 6.10 Å². The number of aryl methyl sites for hydroxylation is 1. The van der Waals surface area contributed by atoms with Crippen LogP contribution in [0.2, 0.25) is 0 Å². The van der Waals surface area contributed by atoms with E-state index >= 15 is 0 Å². The highest BCUT2D eigenvalue weighted by molar-refractivity contribution is 7.13. The van der Waals surface area contributed by atoms with Crippen molar-refractivity contribution in [2.75, 3.05) is 0 Å². The second kappa shape index (κ2) is 9.39. The number of amides is 1. The molecule has 3 rings (SSSR count). The number of hydrogen-bond acceptors (Lipinski definition) is 7. The number of carbonyl (C=O) groups excluding carboxylic acids is 2. The van der Waals surface area contributed by atoms with Gasteiger partial charge in [-0.05, 0) is 36.6 Å². The van der Waals surface area contributed by atoms with Gasteiger partial charge < -0.3 is 14.5 Å². The van der Waals surface area contributed by atoms with Crippen molar-refractivity contribution in [3.05, 3.63) is 28.1 Å². The Labute approximate surface area is 173 Å². The second-order valence-electron chi connectivity index (χ2n) is 7.64. The van der Waals surface area contributed by atoms with Gasteiger partial charge in [0.2, 0.25) is 0 Å². The molecule has 1 saturated carbocycles. The quantitative estimate of drug-likeness (QED) is 0.690. The van der Waals surface area contributed by atoms with Crippen molar-refractivity contribution in [2.24, 2.45) is 11.8 Å². The lowest BCUT2D eigenvalue weighted by molar-refractivity contribution is -0.155. The SMILES string of the molecule is C[C@H]1[C@@H](C)CCC[C@H]1NC(=O)[C@H](C)OC(=O)CCn1nc(-c2cccs2)oc1=O. The van der Waals surface area contributed by atoms with E-state index in [0.717, 1.165) is 22.4 Å². The molecule has 1 aliphatic carbocycles. The smallest absolute Gasteiger partial charge is 0.437 e. The molecule has 1 aliphatic rings. The highest BCUT2D eigenvalue weighted by Gasteiger charge is 2.30. The summed E-state index contributed by atoms with van der Waals surface area (Å²) in [7, 11) is 0. The molecule has 29 heavy (non-hydrogen) atoms. The Hall–Kier alpha value is -2.42. The first-order chi connectivity index (χ1) is 13.8. The van der Waals surface area contributed by atoms with Crippen LogP contribution in [0.1, 0.15) is 46.5 Å². The van der Waals surface area contributed by atoms with E-state index in [1.165, 1.54) is 17.8 Å². The highest BCUT2D eigenvalue weighted by atomic mass is 32.1. The number of nitrogens with zero attached hydrogens (tertiary/aromatic N) is 2. The lowest BCUT2D eigenvalue weighted by Gasteiger charge is -2.35. The Morgan fingerprint density at radius 2 is 2.21 bits per heavy atom. The predicted octanol–water partition coefficient (Wildman–Crippen LogP) is 2.83. The molecule has 0 spiro atoms. The van der Waals surface area contributed by atoms with Gasteiger partial charge in [0.1, 0.15) is 0 Å². The molecular weight excluding hydrogens is 394 g/mol. The van der Waals surface area contributed by atoms with Crippen molar-refractivity contribution in [1.82, 2.24) is 15.1 Å². The molecule has 2 heterocycles. The number of esters is 1. The van der Waals surface area contributed by atoms with Crippen LogP contribution in [0.15, 0.2) is 26.7 Å². The standard InChI is InChI=1S/C20H27N3O5S/c1-12-6-4-7-15(13(12)2)21-18(25)14(3)27-17(24)9-10-23-20(26)28-19(22-23)16-8-5-11-29-16/h5,8,11-15H,4,6-7,9-10H2,1-3H3,(H,21,25)/t12-,13-,14-,15+/m0/s1. The molecule has 0 bridgehead atoms. The van der Waals surface area contributed by atoms with Crippen LogP contribution in [-0.4, -0.2) is 33.8 Å². The zero-order valence-electron chi connectivity index (χ0n) is 16.9. The summed E-state index contributed by atoms with van der Waals surface area (Å²) >= 11 is 1.40. The van der Waals surface area contributed by atoms with Crippen molar-refractivity contribution in [3.63, 3.8) is 0 Å². The van der Waals surface area contributed by atoms with Gasteiger partial charge in [0.05, 0.1) is 17.8 Å². The zero-order chi connectivity index (χ0) is 21.0. The molecule has 1 fully saturated rings. The Kier molecular flexibility index (Phi) is 6.89. The molecule has 8 nitrogen and oxygen atoms in total. The maximum atomic E-state index is 12.4. The molecule has 158 valence electrons. The van der Waals surface area contributed by atoms with Gasteiger partial charge in [0, 0.05) is 6.04 Å². The van der Waals surface area contributed by atoms with E-state index in [1.54, 1.807) is 13.0 Å². The van der Waals surface area contributed by atoms with E-state index in [0.29, 0.717) is 11.8 Å². The number of carbonyl (C=O) groups is 2. The van der Waals surface area contributed by atoms with Crippen LogP contribution in [0.25, 0.3) is 10.8 Å². The fourth-order valence-electron chi connectivity index (χ4n) is 3.54. The van der Waals surface area contributed by atoms with Crippen LogP contribution in [0.5, 0.6) is 0 Å². The lowest BCUT2D eigenvalue weighted by Crippen LogP contribution is -2.47. The normalized spacial score (nSPS) is 22.8. The van der Waals surface area contributed by atoms with E-state index in [4.69, 9.17) is 9.15 Å². The lowest BCUT2D eigenvalue weighted by atomic mass is 9.78. The summed E-state index contributed by atoms with van der Waals surface area (Å²) in [6, 6.07) is 3.73. The van der Waals surface area contributed by atoms with Gasteiger partial charge in [-0.15, -0.1) is 16.4 Å². The van der Waals surface area contributed by atoms with Gasteiger partial charge in [-0.2, -0.15) is 4.68 Å². The third-order valence-corrected chi connectivity index (χ3v) is 6.44. The van der Waals surface area contributed by atoms with Gasteiger partial charge in [-0.3, -0.25) is 9.59 Å². The maximum Gasteiger partial charge on any atom is 0.437 e. The van der Waals surface area contributed by atoms with Gasteiger partial charge in [-0.25, -0.2) is 4.79 Å². The average molecular weight is 422 g/mol. The Morgan fingerprint density at radius 3 is 2.93 bits per heavy atom. The molecule has 9 heteroatoms. The molecule has 4 atom stereocenters. The molecule has 0 radical (unpaired) electrons. The molecule has 0 saturated heterocycles. The number of hydrogen-bond donors (Lipinski definition) is 1. The van der Waals surface area contributed by atoms with E-state index < -0.39 is 17.8 Å². The second-order valence-corrected chi connectivity index (χ2v) is 8.59. The van der Waals surface area contributed by atoms with Crippen molar-refractivity contribution in [1.29, 1.82) is 0 Å². The fourth-order valence-corrected chi connectivity index (χ4v) is 4.18. The van der Waals surface area contributed by atoms with E-state index in [2.05, 4.69) is 24.3 Å². The zero-order valence-corrected chi connectivity index (χ0v) is 17.7. The summed E-state index contributed by atoms with van der Waals surface area (Å²) in [6.07, 6.45) is 2.24. The van der Waals surface area contributed by atoms with Crippen molar-refractivity contribution < 1.29 is 18.7 Å². The van der Waals surface area contributed by atoms with Crippen LogP contribution in [0, 0.1) is 11.8 Å². The van der Waals surface area contributed by atoms with Crippen molar-refractivity contribution in [2.45, 2.75) is 65.1 Å². The summed E-state index contributed by atoms with van der Waals surface area (Å²) in [5.41, 5.74) is 0. The summed E-state index contributed by atoms with van der Waals surface area (Å²) in [5, 5.41) is 8.95. The Bertz CT molecular complexity index is 888. The summed E-state index contributed by atoms with van der Waals surface area (Å²) in [6.45, 7) is 5.92. The molecule has 0 aromatic carbocycles. The largest absolute Gasteiger partial charge is 0.452 e. The minimum Gasteiger partial charge on any atom is -0.452 e. The van der Waals surface area contributed by atoms with Gasteiger partial charge in [0.25, 0.3) is 11.8 Å². The topological polar surface area (TPSA) is 103 Å². The van der Waals surface area contributed by atoms with Crippen molar-refractivity contribution >= 4 is 23.2 Å². The minimum atomic E-state index is -0.886. The first-order valence-corrected chi connectivity index (χ1v) is 10.8. The van der Waals surface area contributed by atoms with Crippen LogP contribution < -0.4 is 11.1 Å². The summed E-state index contributed by atoms with van der Waals surface area (Å²) in [5.74, 6) is -0.304. The first kappa shape index (κ1) is 21.3. The van der Waals surface area contributed by atoms with Crippen LogP contribution >= 0.6 is 11.3 Å². The van der Waals surface area contributed by atoms with Crippen LogP contribution in [0.3, 0.4) is 0 Å². The average Bonchev–Trinajstić information content (AvgIpc) is 3.33. The summed E-state index contributed by atoms with van der Waals surface area (Å²) in [4.78, 5) is 37.1. The third kappa shape index (κ3) is 5.35. The fraction of sp³-hybridized carbons (Fsp3) is 0.600. The molecule has 1 amide bonds. The van der Waals surface area contributed by atoms with E-state index in [1.807, 2.05) is 11.4 Å². The van der Waals surface area contributed by atoms with Crippen LogP contribution in [-0.2, 0) is 20.9 Å². The molecule has 2 aromatic heterocycles.